The zero-order valence-electron chi connectivity index (χ0n) is 7.27. The molecule has 2 heterocycles. The zero-order chi connectivity index (χ0) is 9.26. The van der Waals surface area contributed by atoms with Crippen LogP contribution in [0, 0.1) is 0 Å². The molecule has 0 N–H and O–H groups in total. The summed E-state index contributed by atoms with van der Waals surface area (Å²) in [6, 6.07) is 0. The van der Waals surface area contributed by atoms with Gasteiger partial charge in [-0.15, -0.1) is 0 Å². The lowest BCUT2D eigenvalue weighted by Gasteiger charge is -2.38. The lowest BCUT2D eigenvalue weighted by molar-refractivity contribution is 0.0783. The summed E-state index contributed by atoms with van der Waals surface area (Å²) in [7, 11) is 1.71. The van der Waals surface area contributed by atoms with Gasteiger partial charge in [0.25, 0.3) is 0 Å². The van der Waals surface area contributed by atoms with E-state index in [1.54, 1.807) is 19.5 Å². The van der Waals surface area contributed by atoms with Crippen molar-refractivity contribution in [1.29, 1.82) is 0 Å². The molecule has 0 aliphatic carbocycles. The molecule has 13 heavy (non-hydrogen) atoms. The van der Waals surface area contributed by atoms with Crippen LogP contribution in [0.1, 0.15) is 0 Å². The molecule has 0 spiro atoms. The minimum Gasteiger partial charge on any atom is -0.378 e. The van der Waals surface area contributed by atoms with Crippen LogP contribution in [0.3, 0.4) is 0 Å². The van der Waals surface area contributed by atoms with Crippen LogP contribution >= 0.6 is 11.6 Å². The highest BCUT2D eigenvalue weighted by Crippen LogP contribution is 2.25. The standard InChI is InChI=1S/C8H10ClN3O/c1-13-6-4-12(5-6)8-7(9)10-2-3-11-8/h2-3,6H,4-5H2,1H3. The maximum absolute atomic E-state index is 5.87. The normalized spacial score (nSPS) is 17.2. The van der Waals surface area contributed by atoms with Gasteiger partial charge in [-0.25, -0.2) is 9.97 Å². The van der Waals surface area contributed by atoms with Crippen LogP contribution in [0.15, 0.2) is 12.4 Å². The number of rotatable bonds is 2. The van der Waals surface area contributed by atoms with Crippen LogP contribution in [-0.4, -0.2) is 36.3 Å². The summed E-state index contributed by atoms with van der Waals surface area (Å²) in [4.78, 5) is 10.1. The summed E-state index contributed by atoms with van der Waals surface area (Å²) in [6.07, 6.45) is 3.53. The van der Waals surface area contributed by atoms with Gasteiger partial charge in [0.1, 0.15) is 0 Å². The molecular formula is C8H10ClN3O. The molecule has 0 atom stereocenters. The van der Waals surface area contributed by atoms with Gasteiger partial charge in [0.05, 0.1) is 6.10 Å². The van der Waals surface area contributed by atoms with Crippen molar-refractivity contribution in [2.75, 3.05) is 25.1 Å². The third-order valence-electron chi connectivity index (χ3n) is 2.12. The van der Waals surface area contributed by atoms with E-state index in [2.05, 4.69) is 9.97 Å². The van der Waals surface area contributed by atoms with Gasteiger partial charge in [-0.1, -0.05) is 11.6 Å². The summed E-state index contributed by atoms with van der Waals surface area (Å²) >= 11 is 5.87. The number of nitrogens with zero attached hydrogens (tertiary/aromatic N) is 3. The molecule has 2 rings (SSSR count). The number of hydrogen-bond acceptors (Lipinski definition) is 4. The van der Waals surface area contributed by atoms with E-state index in [0.717, 1.165) is 18.9 Å². The lowest BCUT2D eigenvalue weighted by Crippen LogP contribution is -2.52. The summed E-state index contributed by atoms with van der Waals surface area (Å²) in [5.41, 5.74) is 0. The van der Waals surface area contributed by atoms with E-state index >= 15 is 0 Å². The monoisotopic (exact) mass is 199 g/mol. The van der Waals surface area contributed by atoms with Crippen molar-refractivity contribution in [2.45, 2.75) is 6.10 Å². The van der Waals surface area contributed by atoms with Gasteiger partial charge >= 0.3 is 0 Å². The van der Waals surface area contributed by atoms with Crippen LogP contribution < -0.4 is 4.90 Å². The Morgan fingerprint density at radius 2 is 2.15 bits per heavy atom. The van der Waals surface area contributed by atoms with Crippen LogP contribution in [-0.2, 0) is 4.74 Å². The van der Waals surface area contributed by atoms with Crippen molar-refractivity contribution in [3.8, 4) is 0 Å². The molecule has 1 aromatic rings. The topological polar surface area (TPSA) is 38.2 Å². The van der Waals surface area contributed by atoms with Crippen LogP contribution in [0.4, 0.5) is 5.82 Å². The van der Waals surface area contributed by atoms with Gasteiger partial charge in [-0.3, -0.25) is 0 Å². The Bertz CT molecular complexity index is 301. The van der Waals surface area contributed by atoms with Crippen molar-refractivity contribution < 1.29 is 4.74 Å². The van der Waals surface area contributed by atoms with Gasteiger partial charge in [0, 0.05) is 32.6 Å². The number of ether oxygens (including phenoxy) is 1. The van der Waals surface area contributed by atoms with E-state index in [-0.39, 0.29) is 0 Å². The van der Waals surface area contributed by atoms with Gasteiger partial charge in [-0.05, 0) is 0 Å². The predicted octanol–water partition coefficient (Wildman–Crippen LogP) is 0.965. The van der Waals surface area contributed by atoms with Crippen LogP contribution in [0.5, 0.6) is 0 Å². The maximum atomic E-state index is 5.87. The predicted molar refractivity (Wildman–Crippen MR) is 50.1 cm³/mol. The Kier molecular flexibility index (Phi) is 2.33. The molecule has 1 saturated heterocycles. The summed E-state index contributed by atoms with van der Waals surface area (Å²) in [5.74, 6) is 0.748. The van der Waals surface area contributed by atoms with E-state index < -0.39 is 0 Å². The number of aromatic nitrogens is 2. The molecule has 0 bridgehead atoms. The molecule has 5 heteroatoms. The summed E-state index contributed by atoms with van der Waals surface area (Å²) in [6.45, 7) is 1.68. The van der Waals surface area contributed by atoms with Gasteiger partial charge in [-0.2, -0.15) is 0 Å². The van der Waals surface area contributed by atoms with Gasteiger partial charge < -0.3 is 9.64 Å². The lowest BCUT2D eigenvalue weighted by atomic mass is 10.2. The number of methoxy groups -OCH3 is 1. The first-order valence-electron chi connectivity index (χ1n) is 4.05. The van der Waals surface area contributed by atoms with Crippen molar-refractivity contribution in [2.24, 2.45) is 0 Å². The van der Waals surface area contributed by atoms with Gasteiger partial charge in [0.15, 0.2) is 11.0 Å². The molecule has 1 aliphatic heterocycles. The molecule has 1 aliphatic rings. The summed E-state index contributed by atoms with van der Waals surface area (Å²) in [5, 5.41) is 0.456. The Labute approximate surface area is 81.5 Å². The number of halogens is 1. The van der Waals surface area contributed by atoms with E-state index in [9.17, 15) is 0 Å². The fraction of sp³-hybridized carbons (Fsp3) is 0.500. The Balaban J connectivity index is 2.07. The second kappa shape index (κ2) is 3.47. The van der Waals surface area contributed by atoms with Crippen LogP contribution in [0.25, 0.3) is 0 Å². The first kappa shape index (κ1) is 8.72. The quantitative estimate of drug-likeness (QED) is 0.712. The first-order chi connectivity index (χ1) is 6.31. The second-order valence-electron chi connectivity index (χ2n) is 2.93. The molecule has 0 radical (unpaired) electrons. The van der Waals surface area contributed by atoms with Crippen molar-refractivity contribution in [3.05, 3.63) is 17.5 Å². The molecule has 1 aromatic heterocycles. The molecule has 0 saturated carbocycles. The average Bonchev–Trinajstić information content (AvgIpc) is 2.06. The highest BCUT2D eigenvalue weighted by molar-refractivity contribution is 6.31. The molecule has 0 unspecified atom stereocenters. The van der Waals surface area contributed by atoms with E-state index in [4.69, 9.17) is 16.3 Å². The molecule has 0 amide bonds. The minimum absolute atomic E-state index is 0.304. The Morgan fingerprint density at radius 1 is 1.46 bits per heavy atom. The molecular weight excluding hydrogens is 190 g/mol. The largest absolute Gasteiger partial charge is 0.378 e. The van der Waals surface area contributed by atoms with Gasteiger partial charge in [0.2, 0.25) is 0 Å². The van der Waals surface area contributed by atoms with Crippen molar-refractivity contribution in [1.82, 2.24) is 9.97 Å². The molecule has 0 aromatic carbocycles. The minimum atomic E-state index is 0.304. The zero-order valence-corrected chi connectivity index (χ0v) is 8.03. The Morgan fingerprint density at radius 3 is 2.77 bits per heavy atom. The smallest absolute Gasteiger partial charge is 0.171 e. The van der Waals surface area contributed by atoms with E-state index in [1.165, 1.54) is 0 Å². The fourth-order valence-corrected chi connectivity index (χ4v) is 1.51. The van der Waals surface area contributed by atoms with E-state index in [0.29, 0.717) is 11.3 Å². The molecule has 70 valence electrons. The number of anilines is 1. The fourth-order valence-electron chi connectivity index (χ4n) is 1.29. The van der Waals surface area contributed by atoms with Crippen molar-refractivity contribution >= 4 is 17.4 Å². The third kappa shape index (κ3) is 1.59. The molecule has 4 nitrogen and oxygen atoms in total. The SMILES string of the molecule is COC1CN(c2nccnc2Cl)C1. The summed E-state index contributed by atoms with van der Waals surface area (Å²) < 4.78 is 5.14. The molecule has 1 fully saturated rings. The van der Waals surface area contributed by atoms with Crippen LogP contribution in [0.2, 0.25) is 5.15 Å². The highest BCUT2D eigenvalue weighted by Gasteiger charge is 2.28. The second-order valence-corrected chi connectivity index (χ2v) is 3.29. The maximum Gasteiger partial charge on any atom is 0.171 e. The first-order valence-corrected chi connectivity index (χ1v) is 4.43. The third-order valence-corrected chi connectivity index (χ3v) is 2.38. The van der Waals surface area contributed by atoms with E-state index in [1.807, 2.05) is 4.90 Å². The Hall–Kier alpha value is -0.870. The number of hydrogen-bond donors (Lipinski definition) is 0. The average molecular weight is 200 g/mol. The highest BCUT2D eigenvalue weighted by atomic mass is 35.5. The van der Waals surface area contributed by atoms with Crippen molar-refractivity contribution in [3.63, 3.8) is 0 Å².